The van der Waals surface area contributed by atoms with Crippen LogP contribution in [0.25, 0.3) is 0 Å². The van der Waals surface area contributed by atoms with Gasteiger partial charge in [0.2, 0.25) is 0 Å². The molecule has 2 amide bonds. The number of aryl methyl sites for hydroxylation is 1. The fourth-order valence-electron chi connectivity index (χ4n) is 3.68. The topological polar surface area (TPSA) is 58.6 Å². The van der Waals surface area contributed by atoms with Gasteiger partial charge in [0.1, 0.15) is 5.60 Å². The van der Waals surface area contributed by atoms with Crippen LogP contribution in [0.5, 0.6) is 0 Å². The lowest BCUT2D eigenvalue weighted by molar-refractivity contribution is -0.138. The van der Waals surface area contributed by atoms with E-state index in [2.05, 4.69) is 5.32 Å². The molecular weight excluding hydrogens is 361 g/mol. The van der Waals surface area contributed by atoms with Crippen LogP contribution >= 0.6 is 0 Å². The van der Waals surface area contributed by atoms with Crippen LogP contribution in [0, 0.1) is 0 Å². The molecule has 2 heterocycles. The zero-order valence-electron chi connectivity index (χ0n) is 15.7. The van der Waals surface area contributed by atoms with Crippen LogP contribution in [-0.2, 0) is 17.3 Å². The maximum Gasteiger partial charge on any atom is 0.417 e. The second-order valence-electron chi connectivity index (χ2n) is 8.03. The van der Waals surface area contributed by atoms with Crippen molar-refractivity contribution >= 4 is 12.0 Å². The highest BCUT2D eigenvalue weighted by atomic mass is 19.4. The number of hydrogen-bond acceptors (Lipinski definition) is 3. The van der Waals surface area contributed by atoms with Crippen LogP contribution in [0.4, 0.5) is 18.0 Å². The standard InChI is InChI=1S/C19H23F3N2O3/c1-5-10-6-11-12-8-24(17(26)27-18(2,3)4)9-14(12)23-16(25)15(11)13(7-10)19(20,21)22/h6-7,12,14H,5,8-9H2,1-4H3,(H,23,25)/t12-,14+/m0/s1. The molecule has 0 spiro atoms. The number of likely N-dealkylation sites (tertiary alicyclic amines) is 1. The highest BCUT2D eigenvalue weighted by molar-refractivity contribution is 5.99. The minimum absolute atomic E-state index is 0.206. The number of benzene rings is 1. The molecule has 2 atom stereocenters. The van der Waals surface area contributed by atoms with Crippen LogP contribution in [0.1, 0.15) is 60.7 Å². The summed E-state index contributed by atoms with van der Waals surface area (Å²) in [6, 6.07) is 2.28. The van der Waals surface area contributed by atoms with Crippen LogP contribution < -0.4 is 5.32 Å². The zero-order chi connectivity index (χ0) is 20.1. The molecule has 0 unspecified atom stereocenters. The second kappa shape index (κ2) is 6.42. The largest absolute Gasteiger partial charge is 0.444 e. The Hall–Kier alpha value is -2.25. The van der Waals surface area contributed by atoms with E-state index in [-0.39, 0.29) is 18.7 Å². The first-order valence-corrected chi connectivity index (χ1v) is 8.93. The molecule has 2 aliphatic heterocycles. The Morgan fingerprint density at radius 2 is 1.93 bits per heavy atom. The summed E-state index contributed by atoms with van der Waals surface area (Å²) in [5, 5.41) is 2.64. The van der Waals surface area contributed by atoms with Gasteiger partial charge < -0.3 is 15.0 Å². The first kappa shape index (κ1) is 19.5. The van der Waals surface area contributed by atoms with E-state index in [0.717, 1.165) is 6.07 Å². The van der Waals surface area contributed by atoms with Gasteiger partial charge in [0, 0.05) is 19.0 Å². The summed E-state index contributed by atoms with van der Waals surface area (Å²) in [4.78, 5) is 26.3. The average molecular weight is 384 g/mol. The molecular formula is C19H23F3N2O3. The number of alkyl halides is 3. The summed E-state index contributed by atoms with van der Waals surface area (Å²) in [5.74, 6) is -1.13. The summed E-state index contributed by atoms with van der Waals surface area (Å²) < 4.78 is 46.0. The molecule has 1 saturated heterocycles. The molecule has 0 bridgehead atoms. The van der Waals surface area contributed by atoms with Gasteiger partial charge in [0.25, 0.3) is 5.91 Å². The Balaban J connectivity index is 2.00. The van der Waals surface area contributed by atoms with Crippen LogP contribution in [0.2, 0.25) is 0 Å². The van der Waals surface area contributed by atoms with Crippen molar-refractivity contribution < 1.29 is 27.5 Å². The highest BCUT2D eigenvalue weighted by Crippen LogP contribution is 2.41. The lowest BCUT2D eigenvalue weighted by Gasteiger charge is -2.30. The maximum atomic E-state index is 13.5. The third-order valence-electron chi connectivity index (χ3n) is 4.86. The van der Waals surface area contributed by atoms with Crippen molar-refractivity contribution in [2.45, 2.75) is 57.9 Å². The van der Waals surface area contributed by atoms with Crippen molar-refractivity contribution in [2.75, 3.05) is 13.1 Å². The van der Waals surface area contributed by atoms with Gasteiger partial charge in [0.05, 0.1) is 17.2 Å². The summed E-state index contributed by atoms with van der Waals surface area (Å²) in [6.45, 7) is 7.42. The molecule has 1 aromatic rings. The van der Waals surface area contributed by atoms with Gasteiger partial charge in [-0.25, -0.2) is 4.79 Å². The van der Waals surface area contributed by atoms with Crippen LogP contribution in [0.3, 0.4) is 0 Å². The van der Waals surface area contributed by atoms with E-state index in [1.807, 2.05) is 0 Å². The monoisotopic (exact) mass is 384 g/mol. The molecule has 0 aromatic heterocycles. The molecule has 1 N–H and O–H groups in total. The fourth-order valence-corrected chi connectivity index (χ4v) is 3.68. The number of nitrogens with zero attached hydrogens (tertiary/aromatic N) is 1. The predicted octanol–water partition coefficient (Wildman–Crippen LogP) is 3.71. The van der Waals surface area contributed by atoms with Crippen molar-refractivity contribution in [2.24, 2.45) is 0 Å². The number of carbonyl (C=O) groups excluding carboxylic acids is 2. The Morgan fingerprint density at radius 1 is 1.26 bits per heavy atom. The lowest BCUT2D eigenvalue weighted by atomic mass is 9.82. The van der Waals surface area contributed by atoms with E-state index < -0.39 is 41.3 Å². The summed E-state index contributed by atoms with van der Waals surface area (Å²) in [5.41, 5.74) is -1.03. The first-order valence-electron chi connectivity index (χ1n) is 8.93. The van der Waals surface area contributed by atoms with Gasteiger partial charge in [-0.05, 0) is 44.4 Å². The lowest BCUT2D eigenvalue weighted by Crippen LogP contribution is -2.45. The van der Waals surface area contributed by atoms with Crippen molar-refractivity contribution in [3.8, 4) is 0 Å². The molecule has 0 saturated carbocycles. The molecule has 2 aliphatic rings. The van der Waals surface area contributed by atoms with E-state index in [1.54, 1.807) is 33.8 Å². The normalized spacial score (nSPS) is 22.2. The van der Waals surface area contributed by atoms with E-state index >= 15 is 0 Å². The van der Waals surface area contributed by atoms with Crippen LogP contribution in [-0.4, -0.2) is 41.6 Å². The van der Waals surface area contributed by atoms with Gasteiger partial charge in [-0.1, -0.05) is 13.0 Å². The molecule has 148 valence electrons. The summed E-state index contributed by atoms with van der Waals surface area (Å²) in [7, 11) is 0. The van der Waals surface area contributed by atoms with Crippen molar-refractivity contribution in [3.05, 3.63) is 34.4 Å². The van der Waals surface area contributed by atoms with Crippen molar-refractivity contribution in [1.82, 2.24) is 10.2 Å². The Morgan fingerprint density at radius 3 is 2.48 bits per heavy atom. The first-order chi connectivity index (χ1) is 12.4. The Kier molecular flexibility index (Phi) is 4.64. The van der Waals surface area contributed by atoms with E-state index in [4.69, 9.17) is 4.74 Å². The van der Waals surface area contributed by atoms with E-state index in [1.165, 1.54) is 4.90 Å². The average Bonchev–Trinajstić information content (AvgIpc) is 2.95. The Bertz CT molecular complexity index is 784. The molecule has 0 aliphatic carbocycles. The number of rotatable bonds is 1. The number of ether oxygens (including phenoxy) is 1. The molecule has 0 radical (unpaired) electrons. The highest BCUT2D eigenvalue weighted by Gasteiger charge is 2.47. The van der Waals surface area contributed by atoms with Gasteiger partial charge in [-0.2, -0.15) is 13.2 Å². The number of hydrogen-bond donors (Lipinski definition) is 1. The summed E-state index contributed by atoms with van der Waals surface area (Å²) in [6.07, 6.45) is -4.73. The quantitative estimate of drug-likeness (QED) is 0.803. The molecule has 3 rings (SSSR count). The second-order valence-corrected chi connectivity index (χ2v) is 8.03. The Labute approximate surface area is 155 Å². The number of amides is 2. The van der Waals surface area contributed by atoms with Crippen molar-refractivity contribution in [3.63, 3.8) is 0 Å². The molecule has 1 fully saturated rings. The van der Waals surface area contributed by atoms with Crippen LogP contribution in [0.15, 0.2) is 12.1 Å². The van der Waals surface area contributed by atoms with Gasteiger partial charge >= 0.3 is 12.3 Å². The maximum absolute atomic E-state index is 13.5. The number of carbonyl (C=O) groups is 2. The third-order valence-corrected chi connectivity index (χ3v) is 4.86. The fraction of sp³-hybridized carbons (Fsp3) is 0.579. The molecule has 5 nitrogen and oxygen atoms in total. The molecule has 1 aromatic carbocycles. The minimum atomic E-state index is -4.62. The zero-order valence-corrected chi connectivity index (χ0v) is 15.7. The molecule has 27 heavy (non-hydrogen) atoms. The molecule has 8 heteroatoms. The number of halogens is 3. The van der Waals surface area contributed by atoms with Gasteiger partial charge in [0.15, 0.2) is 0 Å². The van der Waals surface area contributed by atoms with E-state index in [9.17, 15) is 22.8 Å². The third kappa shape index (κ3) is 3.75. The smallest absolute Gasteiger partial charge is 0.417 e. The van der Waals surface area contributed by atoms with Gasteiger partial charge in [-0.3, -0.25) is 4.79 Å². The summed E-state index contributed by atoms with van der Waals surface area (Å²) >= 11 is 0. The van der Waals surface area contributed by atoms with Gasteiger partial charge in [-0.15, -0.1) is 0 Å². The number of fused-ring (bicyclic) bond motifs is 3. The number of nitrogens with one attached hydrogen (secondary N) is 1. The SMILES string of the molecule is CCc1cc2c(c(C(F)(F)F)c1)C(=O)N[C@@H]1CN(C(=O)OC(C)(C)C)C[C@@H]21. The minimum Gasteiger partial charge on any atom is -0.444 e. The van der Waals surface area contributed by atoms with E-state index in [0.29, 0.717) is 17.5 Å². The predicted molar refractivity (Wildman–Crippen MR) is 92.6 cm³/mol. The van der Waals surface area contributed by atoms with Crippen molar-refractivity contribution in [1.29, 1.82) is 0 Å².